The van der Waals surface area contributed by atoms with Crippen LogP contribution < -0.4 is 4.74 Å². The lowest BCUT2D eigenvalue weighted by molar-refractivity contribution is 0.0697. The van der Waals surface area contributed by atoms with E-state index in [4.69, 9.17) is 21.4 Å². The van der Waals surface area contributed by atoms with Crippen molar-refractivity contribution < 1.29 is 14.6 Å². The van der Waals surface area contributed by atoms with Crippen LogP contribution in [-0.2, 0) is 0 Å². The third-order valence-electron chi connectivity index (χ3n) is 2.75. The number of hydrogen-bond donors (Lipinski definition) is 1. The van der Waals surface area contributed by atoms with Gasteiger partial charge in [0.25, 0.3) is 0 Å². The largest absolute Gasteiger partial charge is 0.486 e. The molecule has 0 aliphatic carbocycles. The van der Waals surface area contributed by atoms with Crippen molar-refractivity contribution in [1.29, 1.82) is 0 Å². The van der Waals surface area contributed by atoms with Gasteiger partial charge in [0.2, 0.25) is 0 Å². The van der Waals surface area contributed by atoms with Crippen LogP contribution in [0.3, 0.4) is 0 Å². The molecule has 0 heterocycles. The highest BCUT2D eigenvalue weighted by atomic mass is 35.5. The van der Waals surface area contributed by atoms with E-state index in [1.54, 1.807) is 6.07 Å². The second kappa shape index (κ2) is 5.76. The lowest BCUT2D eigenvalue weighted by atomic mass is 10.1. The summed E-state index contributed by atoms with van der Waals surface area (Å²) in [5.74, 6) is -0.501. The van der Waals surface area contributed by atoms with Crippen LogP contribution in [0.5, 0.6) is 5.75 Å². The maximum Gasteiger partial charge on any atom is 0.337 e. The van der Waals surface area contributed by atoms with Crippen LogP contribution in [0, 0.1) is 0 Å². The van der Waals surface area contributed by atoms with Crippen molar-refractivity contribution in [3.63, 3.8) is 0 Å². The number of ether oxygens (including phenoxy) is 1. The summed E-state index contributed by atoms with van der Waals surface area (Å²) in [4.78, 5) is 10.9. The number of carbonyl (C=O) groups is 1. The molecular formula is C15H13ClO3. The Balaban J connectivity index is 2.16. The van der Waals surface area contributed by atoms with Gasteiger partial charge in [0, 0.05) is 0 Å². The molecular weight excluding hydrogens is 264 g/mol. The summed E-state index contributed by atoms with van der Waals surface area (Å²) < 4.78 is 5.74. The number of carboxylic acid groups (broad SMARTS) is 1. The van der Waals surface area contributed by atoms with E-state index in [9.17, 15) is 4.79 Å². The summed E-state index contributed by atoms with van der Waals surface area (Å²) in [7, 11) is 0. The summed E-state index contributed by atoms with van der Waals surface area (Å²) in [6.07, 6.45) is -0.132. The predicted molar refractivity (Wildman–Crippen MR) is 73.9 cm³/mol. The first kappa shape index (κ1) is 13.4. The van der Waals surface area contributed by atoms with Gasteiger partial charge in [0.15, 0.2) is 0 Å². The molecule has 1 atom stereocenters. The van der Waals surface area contributed by atoms with Gasteiger partial charge in [-0.05, 0) is 30.7 Å². The van der Waals surface area contributed by atoms with Crippen LogP contribution in [0.25, 0.3) is 0 Å². The van der Waals surface area contributed by atoms with E-state index in [-0.39, 0.29) is 16.7 Å². The van der Waals surface area contributed by atoms with Gasteiger partial charge in [0.05, 0.1) is 10.6 Å². The number of halogens is 1. The first-order chi connectivity index (χ1) is 9.08. The number of rotatable bonds is 4. The van der Waals surface area contributed by atoms with Crippen molar-refractivity contribution in [2.75, 3.05) is 0 Å². The minimum Gasteiger partial charge on any atom is -0.486 e. The molecule has 0 spiro atoms. The summed E-state index contributed by atoms with van der Waals surface area (Å²) in [6.45, 7) is 1.92. The Hall–Kier alpha value is -2.00. The zero-order valence-corrected chi connectivity index (χ0v) is 11.1. The third-order valence-corrected chi connectivity index (χ3v) is 3.07. The van der Waals surface area contributed by atoms with E-state index < -0.39 is 5.97 Å². The SMILES string of the molecule is CC(Oc1ccc(C(=O)O)c(Cl)c1)c1ccccc1. The fourth-order valence-corrected chi connectivity index (χ4v) is 1.99. The molecule has 2 aromatic carbocycles. The van der Waals surface area contributed by atoms with Gasteiger partial charge in [-0.2, -0.15) is 0 Å². The minimum absolute atomic E-state index is 0.0707. The molecule has 19 heavy (non-hydrogen) atoms. The van der Waals surface area contributed by atoms with Gasteiger partial charge in [-0.1, -0.05) is 41.9 Å². The van der Waals surface area contributed by atoms with Crippen molar-refractivity contribution >= 4 is 17.6 Å². The molecule has 1 unspecified atom stereocenters. The van der Waals surface area contributed by atoms with Crippen molar-refractivity contribution in [3.05, 3.63) is 64.7 Å². The second-order valence-electron chi connectivity index (χ2n) is 4.12. The molecule has 2 rings (SSSR count). The van der Waals surface area contributed by atoms with E-state index in [2.05, 4.69) is 0 Å². The molecule has 0 amide bonds. The van der Waals surface area contributed by atoms with Gasteiger partial charge >= 0.3 is 5.97 Å². The normalized spacial score (nSPS) is 11.9. The molecule has 2 aromatic rings. The first-order valence-electron chi connectivity index (χ1n) is 5.82. The molecule has 0 aromatic heterocycles. The zero-order chi connectivity index (χ0) is 13.8. The van der Waals surface area contributed by atoms with Gasteiger partial charge in [0.1, 0.15) is 11.9 Å². The van der Waals surface area contributed by atoms with Gasteiger partial charge in [-0.15, -0.1) is 0 Å². The Kier molecular flexibility index (Phi) is 4.07. The number of hydrogen-bond acceptors (Lipinski definition) is 2. The van der Waals surface area contributed by atoms with E-state index in [1.807, 2.05) is 37.3 Å². The van der Waals surface area contributed by atoms with E-state index in [1.165, 1.54) is 12.1 Å². The predicted octanol–water partition coefficient (Wildman–Crippen LogP) is 4.18. The summed E-state index contributed by atoms with van der Waals surface area (Å²) in [5.41, 5.74) is 1.11. The summed E-state index contributed by atoms with van der Waals surface area (Å²) in [5, 5.41) is 9.06. The molecule has 0 saturated carbocycles. The molecule has 4 heteroatoms. The van der Waals surface area contributed by atoms with Crippen LogP contribution in [0.15, 0.2) is 48.5 Å². The van der Waals surface area contributed by atoms with E-state index >= 15 is 0 Å². The molecule has 0 aliphatic rings. The van der Waals surface area contributed by atoms with Crippen molar-refractivity contribution in [1.82, 2.24) is 0 Å². The smallest absolute Gasteiger partial charge is 0.337 e. The van der Waals surface area contributed by atoms with Gasteiger partial charge < -0.3 is 9.84 Å². The zero-order valence-electron chi connectivity index (χ0n) is 10.3. The fourth-order valence-electron chi connectivity index (χ4n) is 1.74. The first-order valence-corrected chi connectivity index (χ1v) is 6.20. The van der Waals surface area contributed by atoms with E-state index in [0.717, 1.165) is 5.56 Å². The highest BCUT2D eigenvalue weighted by Gasteiger charge is 2.11. The maximum atomic E-state index is 10.9. The lowest BCUT2D eigenvalue weighted by Crippen LogP contribution is -2.04. The van der Waals surface area contributed by atoms with E-state index in [0.29, 0.717) is 5.75 Å². The van der Waals surface area contributed by atoms with Crippen LogP contribution in [0.4, 0.5) is 0 Å². The van der Waals surface area contributed by atoms with Crippen molar-refractivity contribution in [3.8, 4) is 5.75 Å². The molecule has 1 N–H and O–H groups in total. The average molecular weight is 277 g/mol. The fraction of sp³-hybridized carbons (Fsp3) is 0.133. The summed E-state index contributed by atoms with van der Waals surface area (Å²) in [6, 6.07) is 14.3. The quantitative estimate of drug-likeness (QED) is 0.911. The van der Waals surface area contributed by atoms with Crippen LogP contribution in [-0.4, -0.2) is 11.1 Å². The van der Waals surface area contributed by atoms with Gasteiger partial charge in [-0.25, -0.2) is 4.79 Å². The Morgan fingerprint density at radius 3 is 2.47 bits per heavy atom. The van der Waals surface area contributed by atoms with Crippen molar-refractivity contribution in [2.24, 2.45) is 0 Å². The molecule has 0 radical (unpaired) electrons. The molecule has 0 aliphatic heterocycles. The molecule has 0 fully saturated rings. The molecule has 0 bridgehead atoms. The van der Waals surface area contributed by atoms with Gasteiger partial charge in [-0.3, -0.25) is 0 Å². The average Bonchev–Trinajstić information content (AvgIpc) is 2.39. The molecule has 98 valence electrons. The Bertz CT molecular complexity index is 581. The Morgan fingerprint density at radius 2 is 1.89 bits per heavy atom. The number of benzene rings is 2. The molecule has 0 saturated heterocycles. The minimum atomic E-state index is -1.05. The third kappa shape index (κ3) is 3.26. The summed E-state index contributed by atoms with van der Waals surface area (Å²) >= 11 is 5.89. The Morgan fingerprint density at radius 1 is 1.21 bits per heavy atom. The molecule has 3 nitrogen and oxygen atoms in total. The second-order valence-corrected chi connectivity index (χ2v) is 4.52. The van der Waals surface area contributed by atoms with Crippen LogP contribution in [0.2, 0.25) is 5.02 Å². The maximum absolute atomic E-state index is 10.9. The van der Waals surface area contributed by atoms with Crippen LogP contribution >= 0.6 is 11.6 Å². The standard InChI is InChI=1S/C15H13ClO3/c1-10(11-5-3-2-4-6-11)19-12-7-8-13(15(17)18)14(16)9-12/h2-10H,1H3,(H,17,18). The monoisotopic (exact) mass is 276 g/mol. The lowest BCUT2D eigenvalue weighted by Gasteiger charge is -2.15. The van der Waals surface area contributed by atoms with Crippen molar-refractivity contribution in [2.45, 2.75) is 13.0 Å². The topological polar surface area (TPSA) is 46.5 Å². The highest BCUT2D eigenvalue weighted by Crippen LogP contribution is 2.26. The van der Waals surface area contributed by atoms with Crippen LogP contribution in [0.1, 0.15) is 28.9 Å². The number of carboxylic acids is 1. The number of aromatic carboxylic acids is 1. The Labute approximate surface area is 116 Å². The highest BCUT2D eigenvalue weighted by molar-refractivity contribution is 6.33.